The number of hydrogen-bond acceptors (Lipinski definition) is 6. The highest BCUT2D eigenvalue weighted by Gasteiger charge is 2.46. The molecule has 0 spiro atoms. The number of aromatic amines is 1. The number of fused-ring (bicyclic) bond motifs is 3. The van der Waals surface area contributed by atoms with Crippen molar-refractivity contribution in [1.29, 1.82) is 0 Å². The van der Waals surface area contributed by atoms with Gasteiger partial charge in [-0.1, -0.05) is 19.9 Å². The minimum Gasteiger partial charge on any atom is -0.490 e. The van der Waals surface area contributed by atoms with Crippen molar-refractivity contribution in [3.8, 4) is 17.0 Å². The Morgan fingerprint density at radius 3 is 2.50 bits per heavy atom. The van der Waals surface area contributed by atoms with Gasteiger partial charge in [0.15, 0.2) is 0 Å². The quantitative estimate of drug-likeness (QED) is 0.262. The van der Waals surface area contributed by atoms with Crippen LogP contribution in [-0.2, 0) is 4.74 Å². The topological polar surface area (TPSA) is 92.4 Å². The van der Waals surface area contributed by atoms with Gasteiger partial charge in [0.1, 0.15) is 11.9 Å². The fourth-order valence-electron chi connectivity index (χ4n) is 7.06. The Bertz CT molecular complexity index is 1520. The van der Waals surface area contributed by atoms with Crippen LogP contribution in [-0.4, -0.2) is 63.4 Å². The summed E-state index contributed by atoms with van der Waals surface area (Å²) in [4.78, 5) is 20.6. The number of rotatable bonds is 9. The average Bonchev–Trinajstić information content (AvgIpc) is 3.49. The predicted octanol–water partition coefficient (Wildman–Crippen LogP) is 5.92. The molecule has 0 saturated carbocycles. The Kier molecular flexibility index (Phi) is 7.42. The average molecular weight is 566 g/mol. The molecule has 218 valence electrons. The SMILES string of the molecule is CC(C)CC(NC(=O)c1ccc2[nH]nc(-c3ccc(OC4C[C@H]5CC[C@@H](C4)N5C4COC4)cc3)c2c1)c1ccccn1. The van der Waals surface area contributed by atoms with E-state index in [1.54, 1.807) is 6.20 Å². The summed E-state index contributed by atoms with van der Waals surface area (Å²) in [5.41, 5.74) is 4.17. The van der Waals surface area contributed by atoms with Crippen LogP contribution in [0.15, 0.2) is 66.9 Å². The van der Waals surface area contributed by atoms with Gasteiger partial charge in [0.05, 0.1) is 42.2 Å². The lowest BCUT2D eigenvalue weighted by molar-refractivity contribution is -0.102. The molecule has 3 aliphatic heterocycles. The van der Waals surface area contributed by atoms with Crippen molar-refractivity contribution >= 4 is 16.8 Å². The van der Waals surface area contributed by atoms with Crippen molar-refractivity contribution in [2.24, 2.45) is 5.92 Å². The molecule has 2 aromatic heterocycles. The summed E-state index contributed by atoms with van der Waals surface area (Å²) in [6, 6.07) is 21.4. The summed E-state index contributed by atoms with van der Waals surface area (Å²) < 4.78 is 11.9. The van der Waals surface area contributed by atoms with Crippen molar-refractivity contribution < 1.29 is 14.3 Å². The molecule has 0 aliphatic carbocycles. The van der Waals surface area contributed by atoms with E-state index in [2.05, 4.69) is 51.4 Å². The van der Waals surface area contributed by atoms with Gasteiger partial charge in [-0.2, -0.15) is 5.10 Å². The van der Waals surface area contributed by atoms with E-state index in [9.17, 15) is 4.79 Å². The second kappa shape index (κ2) is 11.5. The van der Waals surface area contributed by atoms with Gasteiger partial charge in [-0.25, -0.2) is 0 Å². The molecule has 42 heavy (non-hydrogen) atoms. The molecular weight excluding hydrogens is 526 g/mol. The Balaban J connectivity index is 1.05. The normalized spacial score (nSPS) is 23.2. The number of H-pyrrole nitrogens is 1. The summed E-state index contributed by atoms with van der Waals surface area (Å²) in [7, 11) is 0. The van der Waals surface area contributed by atoms with E-state index in [1.165, 1.54) is 12.8 Å². The lowest BCUT2D eigenvalue weighted by Gasteiger charge is -2.46. The highest BCUT2D eigenvalue weighted by Crippen LogP contribution is 2.40. The summed E-state index contributed by atoms with van der Waals surface area (Å²) >= 11 is 0. The van der Waals surface area contributed by atoms with Gasteiger partial charge in [-0.05, 0) is 92.6 Å². The molecule has 3 saturated heterocycles. The summed E-state index contributed by atoms with van der Waals surface area (Å²) in [5.74, 6) is 1.20. The number of benzene rings is 2. The Morgan fingerprint density at radius 2 is 1.83 bits per heavy atom. The zero-order valence-electron chi connectivity index (χ0n) is 24.3. The number of carbonyl (C=O) groups is 1. The molecular formula is C34H39N5O3. The fourth-order valence-corrected chi connectivity index (χ4v) is 7.06. The molecule has 5 heterocycles. The number of nitrogens with zero attached hydrogens (tertiary/aromatic N) is 3. The van der Waals surface area contributed by atoms with Gasteiger partial charge in [0.2, 0.25) is 0 Å². The molecule has 2 aromatic carbocycles. The second-order valence-corrected chi connectivity index (χ2v) is 12.5. The molecule has 2 N–H and O–H groups in total. The number of aromatic nitrogens is 3. The molecule has 4 aromatic rings. The molecule has 3 fully saturated rings. The first-order valence-corrected chi connectivity index (χ1v) is 15.3. The highest BCUT2D eigenvalue weighted by molar-refractivity contribution is 6.01. The summed E-state index contributed by atoms with van der Waals surface area (Å²) in [6.07, 6.45) is 7.55. The molecule has 2 bridgehead atoms. The van der Waals surface area contributed by atoms with E-state index >= 15 is 0 Å². The highest BCUT2D eigenvalue weighted by atomic mass is 16.5. The molecule has 3 aliphatic rings. The van der Waals surface area contributed by atoms with E-state index in [1.807, 2.05) is 48.5 Å². The van der Waals surface area contributed by atoms with Crippen LogP contribution in [0.25, 0.3) is 22.2 Å². The van der Waals surface area contributed by atoms with Crippen LogP contribution in [0, 0.1) is 5.92 Å². The van der Waals surface area contributed by atoms with E-state index < -0.39 is 0 Å². The zero-order valence-corrected chi connectivity index (χ0v) is 24.3. The lowest BCUT2D eigenvalue weighted by Crippen LogP contribution is -2.57. The Hall–Kier alpha value is -3.75. The van der Waals surface area contributed by atoms with Gasteiger partial charge in [-0.15, -0.1) is 0 Å². The predicted molar refractivity (Wildman–Crippen MR) is 162 cm³/mol. The first kappa shape index (κ1) is 27.1. The van der Waals surface area contributed by atoms with Crippen molar-refractivity contribution in [2.45, 2.75) is 76.2 Å². The van der Waals surface area contributed by atoms with Crippen molar-refractivity contribution in [2.75, 3.05) is 13.2 Å². The number of pyridine rings is 1. The van der Waals surface area contributed by atoms with Crippen LogP contribution in [0.1, 0.15) is 68.0 Å². The standard InChI is InChI=1S/C34H39N5O3/c1-21(2)15-32(31-5-3-4-14-35-31)36-34(40)23-8-13-30-29(16-23)33(38-37-30)22-6-11-27(12-7-22)42-28-17-24-9-10-25(18-28)39(24)26-19-41-20-26/h3-8,11-14,16,21,24-26,28,32H,9-10,15,17-20H2,1-2H3,(H,36,40)(H,37,38)/t24-,25+,28?,32?. The summed E-state index contributed by atoms with van der Waals surface area (Å²) in [5, 5.41) is 11.9. The third kappa shape index (κ3) is 5.41. The van der Waals surface area contributed by atoms with Gasteiger partial charge >= 0.3 is 0 Å². The monoisotopic (exact) mass is 565 g/mol. The molecule has 2 unspecified atom stereocenters. The van der Waals surface area contributed by atoms with Crippen LogP contribution < -0.4 is 10.1 Å². The van der Waals surface area contributed by atoms with Gasteiger partial charge in [-0.3, -0.25) is 19.8 Å². The number of amides is 1. The Morgan fingerprint density at radius 1 is 1.05 bits per heavy atom. The Labute approximate surface area is 246 Å². The van der Waals surface area contributed by atoms with Crippen LogP contribution in [0.2, 0.25) is 0 Å². The van der Waals surface area contributed by atoms with E-state index in [0.717, 1.165) is 66.1 Å². The zero-order chi connectivity index (χ0) is 28.6. The number of carbonyl (C=O) groups excluding carboxylic acids is 1. The molecule has 8 nitrogen and oxygen atoms in total. The molecule has 0 radical (unpaired) electrons. The molecule has 1 amide bonds. The molecule has 4 atom stereocenters. The van der Waals surface area contributed by atoms with Crippen molar-refractivity contribution in [1.82, 2.24) is 25.4 Å². The van der Waals surface area contributed by atoms with E-state index in [-0.39, 0.29) is 18.1 Å². The fraction of sp³-hybridized carbons (Fsp3) is 0.441. The minimum atomic E-state index is -0.152. The maximum atomic E-state index is 13.4. The molecule has 7 rings (SSSR count). The van der Waals surface area contributed by atoms with E-state index in [4.69, 9.17) is 9.47 Å². The first-order chi connectivity index (χ1) is 20.5. The van der Waals surface area contributed by atoms with Crippen LogP contribution in [0.5, 0.6) is 5.75 Å². The molecule has 8 heteroatoms. The van der Waals surface area contributed by atoms with Gasteiger partial charge < -0.3 is 14.8 Å². The summed E-state index contributed by atoms with van der Waals surface area (Å²) in [6.45, 7) is 6.08. The largest absolute Gasteiger partial charge is 0.490 e. The van der Waals surface area contributed by atoms with Crippen LogP contribution in [0.3, 0.4) is 0 Å². The van der Waals surface area contributed by atoms with Crippen molar-refractivity contribution in [3.05, 3.63) is 78.1 Å². The first-order valence-electron chi connectivity index (χ1n) is 15.3. The number of nitrogens with one attached hydrogen (secondary N) is 2. The number of piperidine rings is 1. The van der Waals surface area contributed by atoms with E-state index in [0.29, 0.717) is 29.6 Å². The van der Waals surface area contributed by atoms with Gasteiger partial charge in [0.25, 0.3) is 5.91 Å². The maximum absolute atomic E-state index is 13.4. The number of hydrogen-bond donors (Lipinski definition) is 2. The minimum absolute atomic E-state index is 0.117. The lowest BCUT2D eigenvalue weighted by atomic mass is 9.96. The van der Waals surface area contributed by atoms with Crippen LogP contribution >= 0.6 is 0 Å². The number of ether oxygens (including phenoxy) is 2. The third-order valence-electron chi connectivity index (χ3n) is 9.10. The maximum Gasteiger partial charge on any atom is 0.251 e. The smallest absolute Gasteiger partial charge is 0.251 e. The third-order valence-corrected chi connectivity index (χ3v) is 9.10. The van der Waals surface area contributed by atoms with Crippen LogP contribution in [0.4, 0.5) is 0 Å². The van der Waals surface area contributed by atoms with Crippen molar-refractivity contribution in [3.63, 3.8) is 0 Å². The van der Waals surface area contributed by atoms with Gasteiger partial charge in [0, 0.05) is 34.8 Å². The second-order valence-electron chi connectivity index (χ2n) is 12.5.